The second-order valence-electron chi connectivity index (χ2n) is 6.07. The van der Waals surface area contributed by atoms with Crippen molar-refractivity contribution in [3.05, 3.63) is 48.3 Å². The Kier molecular flexibility index (Phi) is 7.65. The number of aromatic hydroxyl groups is 1. The van der Waals surface area contributed by atoms with Crippen LogP contribution in [0.25, 0.3) is 0 Å². The summed E-state index contributed by atoms with van der Waals surface area (Å²) in [6.45, 7) is 2.56. The number of carbonyl (C=O) groups is 2. The second-order valence-corrected chi connectivity index (χ2v) is 8.64. The molecule has 3 N–H and O–H groups in total. The van der Waals surface area contributed by atoms with Crippen LogP contribution >= 0.6 is 0 Å². The molecule has 0 aliphatic carbocycles. The Hall–Kier alpha value is -1.84. The minimum Gasteiger partial charge on any atom is -0.531 e. The van der Waals surface area contributed by atoms with Gasteiger partial charge in [-0.1, -0.05) is 5.69 Å². The summed E-state index contributed by atoms with van der Waals surface area (Å²) in [6.07, 6.45) is 3.89. The number of benzene rings is 1. The first-order valence-electron chi connectivity index (χ1n) is 7.49. The average Bonchev–Trinajstić information content (AvgIpc) is 2.57. The summed E-state index contributed by atoms with van der Waals surface area (Å²) in [5, 5.41) is 14.9. The molecule has 1 aromatic heterocycles. The molecule has 0 unspecified atom stereocenters. The standard InChI is InChI=1S/C17H18N3O5S.Y/c1-17(2,26(3,24)25)16(23)19-12-4-5-13(14(21)10-12)20-15(22)11-6-8-18-9-7-11;/h5-10,21H,1-3H3,(H,19,23)(H,20,22);/q-1;+3. The first-order chi connectivity index (χ1) is 12.0. The van der Waals surface area contributed by atoms with E-state index in [2.05, 4.69) is 21.7 Å². The summed E-state index contributed by atoms with van der Waals surface area (Å²) in [5.74, 6) is -1.52. The first-order valence-corrected chi connectivity index (χ1v) is 9.38. The molecule has 0 saturated carbocycles. The molecule has 0 fully saturated rings. The van der Waals surface area contributed by atoms with E-state index < -0.39 is 26.4 Å². The fourth-order valence-electron chi connectivity index (χ4n) is 1.79. The largest absolute Gasteiger partial charge is 3.00 e. The SMILES string of the molecule is CC(C)(C(=O)Nc1[c-]cc(NC(=O)c2ccncc2)c(O)c1)S(C)(=O)=O.[Y+3]. The molecule has 2 amide bonds. The van der Waals surface area contributed by atoms with E-state index in [9.17, 15) is 23.1 Å². The number of anilines is 2. The number of sulfone groups is 1. The van der Waals surface area contributed by atoms with Crippen LogP contribution < -0.4 is 10.6 Å². The molecule has 27 heavy (non-hydrogen) atoms. The number of nitrogens with zero attached hydrogens (tertiary/aromatic N) is 1. The van der Waals surface area contributed by atoms with Crippen LogP contribution in [-0.4, -0.2) is 41.3 Å². The van der Waals surface area contributed by atoms with E-state index in [-0.39, 0.29) is 49.8 Å². The van der Waals surface area contributed by atoms with Crippen molar-refractivity contribution in [2.45, 2.75) is 18.6 Å². The number of phenols is 1. The number of pyridine rings is 1. The van der Waals surface area contributed by atoms with E-state index in [1.165, 1.54) is 50.5 Å². The molecule has 0 radical (unpaired) electrons. The molecule has 138 valence electrons. The summed E-state index contributed by atoms with van der Waals surface area (Å²) >= 11 is 0. The molecule has 2 rings (SSSR count). The van der Waals surface area contributed by atoms with Crippen molar-refractivity contribution in [3.8, 4) is 5.75 Å². The van der Waals surface area contributed by atoms with E-state index in [4.69, 9.17) is 0 Å². The third kappa shape index (κ3) is 5.57. The molecule has 8 nitrogen and oxygen atoms in total. The van der Waals surface area contributed by atoms with Crippen molar-refractivity contribution in [3.63, 3.8) is 0 Å². The number of rotatable bonds is 5. The average molecular weight is 465 g/mol. The Balaban J connectivity index is 0.00000364. The monoisotopic (exact) mass is 465 g/mol. The van der Waals surface area contributed by atoms with Gasteiger partial charge in [0.05, 0.1) is 0 Å². The zero-order valence-corrected chi connectivity index (χ0v) is 18.6. The number of phenolic OH excluding ortho intramolecular Hbond substituents is 1. The Morgan fingerprint density at radius 3 is 2.30 bits per heavy atom. The maximum Gasteiger partial charge on any atom is 3.00 e. The molecule has 0 atom stereocenters. The van der Waals surface area contributed by atoms with Gasteiger partial charge in [0.1, 0.15) is 4.75 Å². The zero-order chi connectivity index (χ0) is 19.5. The molecule has 0 aliphatic rings. The van der Waals surface area contributed by atoms with Crippen LogP contribution in [0.3, 0.4) is 0 Å². The van der Waals surface area contributed by atoms with Crippen LogP contribution in [0.1, 0.15) is 24.2 Å². The molecule has 0 saturated heterocycles. The Bertz CT molecular complexity index is 946. The van der Waals surface area contributed by atoms with Crippen LogP contribution in [0.5, 0.6) is 5.75 Å². The van der Waals surface area contributed by atoms with Gasteiger partial charge in [0.15, 0.2) is 9.84 Å². The van der Waals surface area contributed by atoms with Crippen LogP contribution in [0.15, 0.2) is 36.7 Å². The first kappa shape index (κ1) is 23.2. The molecule has 10 heteroatoms. The van der Waals surface area contributed by atoms with Gasteiger partial charge in [-0.05, 0) is 31.7 Å². The number of hydrogen-bond donors (Lipinski definition) is 3. The second kappa shape index (κ2) is 8.90. The zero-order valence-electron chi connectivity index (χ0n) is 15.0. The van der Waals surface area contributed by atoms with Crippen LogP contribution in [-0.2, 0) is 47.3 Å². The molecule has 0 bridgehead atoms. The summed E-state index contributed by atoms with van der Waals surface area (Å²) in [6, 6.07) is 8.14. The van der Waals surface area contributed by atoms with Gasteiger partial charge in [-0.25, -0.2) is 8.42 Å². The minimum atomic E-state index is -3.64. The topological polar surface area (TPSA) is 125 Å². The normalized spacial score (nSPS) is 11.2. The van der Waals surface area contributed by atoms with Crippen molar-refractivity contribution in [1.29, 1.82) is 0 Å². The van der Waals surface area contributed by atoms with Crippen LogP contribution in [0.4, 0.5) is 11.4 Å². The molecule has 0 aliphatic heterocycles. The summed E-state index contributed by atoms with van der Waals surface area (Å²) in [5.41, 5.74) is 0.519. The van der Waals surface area contributed by atoms with Gasteiger partial charge in [0.2, 0.25) is 11.8 Å². The van der Waals surface area contributed by atoms with Crippen LogP contribution in [0, 0.1) is 6.07 Å². The fraction of sp³-hybridized carbons (Fsp3) is 0.235. The number of amides is 2. The van der Waals surface area contributed by atoms with Crippen molar-refractivity contribution in [1.82, 2.24) is 4.98 Å². The van der Waals surface area contributed by atoms with Gasteiger partial charge < -0.3 is 15.7 Å². The fourth-order valence-corrected chi connectivity index (χ4v) is 2.18. The summed E-state index contributed by atoms with van der Waals surface area (Å²) < 4.78 is 21.7. The van der Waals surface area contributed by atoms with Crippen LogP contribution in [0.2, 0.25) is 0 Å². The molecule has 1 heterocycles. The molecular weight excluding hydrogens is 447 g/mol. The third-order valence-corrected chi connectivity index (χ3v) is 5.88. The van der Waals surface area contributed by atoms with E-state index >= 15 is 0 Å². The quantitative estimate of drug-likeness (QED) is 0.455. The van der Waals surface area contributed by atoms with Crippen molar-refractivity contribution in [2.24, 2.45) is 0 Å². The van der Waals surface area contributed by atoms with E-state index in [0.717, 1.165) is 6.26 Å². The van der Waals surface area contributed by atoms with Gasteiger partial charge in [0.25, 0.3) is 0 Å². The number of hydrogen-bond acceptors (Lipinski definition) is 6. The summed E-state index contributed by atoms with van der Waals surface area (Å²) in [4.78, 5) is 28.1. The molecule has 0 spiro atoms. The van der Waals surface area contributed by atoms with E-state index in [0.29, 0.717) is 5.56 Å². The number of carbonyl (C=O) groups excluding carboxylic acids is 2. The molecule has 2 aromatic rings. The van der Waals surface area contributed by atoms with Crippen molar-refractivity contribution >= 4 is 33.0 Å². The van der Waals surface area contributed by atoms with Gasteiger partial charge >= 0.3 is 32.7 Å². The Morgan fingerprint density at radius 1 is 1.19 bits per heavy atom. The Labute approximate surface area is 182 Å². The van der Waals surface area contributed by atoms with E-state index in [1.54, 1.807) is 0 Å². The predicted octanol–water partition coefficient (Wildman–Crippen LogP) is 1.60. The molecule has 1 aromatic carbocycles. The number of aromatic nitrogens is 1. The van der Waals surface area contributed by atoms with Gasteiger partial charge in [0, 0.05) is 30.0 Å². The van der Waals surface area contributed by atoms with Crippen molar-refractivity contribution < 1.29 is 55.8 Å². The maximum absolute atomic E-state index is 12.2. The maximum atomic E-state index is 12.2. The van der Waals surface area contributed by atoms with Gasteiger partial charge in [-0.3, -0.25) is 14.6 Å². The predicted molar refractivity (Wildman–Crippen MR) is 96.7 cm³/mol. The summed E-state index contributed by atoms with van der Waals surface area (Å²) in [7, 11) is -3.64. The minimum absolute atomic E-state index is 0. The van der Waals surface area contributed by atoms with Crippen molar-refractivity contribution in [2.75, 3.05) is 16.9 Å². The third-order valence-electron chi connectivity index (χ3n) is 3.84. The Morgan fingerprint density at radius 2 is 1.78 bits per heavy atom. The van der Waals surface area contributed by atoms with E-state index in [1.807, 2.05) is 0 Å². The van der Waals surface area contributed by atoms with Gasteiger partial charge in [-0.15, -0.1) is 12.1 Å². The smallest absolute Gasteiger partial charge is 0.531 e. The number of nitrogens with one attached hydrogen (secondary N) is 2. The van der Waals surface area contributed by atoms with Gasteiger partial charge in [-0.2, -0.15) is 6.07 Å². The molecular formula is C17H18N3O5SY+2.